The second-order valence-corrected chi connectivity index (χ2v) is 7.83. The van der Waals surface area contributed by atoms with Crippen LogP contribution in [-0.4, -0.2) is 52.9 Å². The molecular formula is C23H30N4O3. The summed E-state index contributed by atoms with van der Waals surface area (Å²) < 4.78 is 5.29. The summed E-state index contributed by atoms with van der Waals surface area (Å²) in [5, 5.41) is 3.04. The first-order valence-corrected chi connectivity index (χ1v) is 10.5. The quantitative estimate of drug-likeness (QED) is 0.792. The fourth-order valence-corrected chi connectivity index (χ4v) is 3.76. The van der Waals surface area contributed by atoms with E-state index < -0.39 is 0 Å². The molecule has 2 aromatic rings. The van der Waals surface area contributed by atoms with Crippen LogP contribution in [-0.2, 0) is 11.2 Å². The van der Waals surface area contributed by atoms with Gasteiger partial charge in [0.15, 0.2) is 0 Å². The summed E-state index contributed by atoms with van der Waals surface area (Å²) >= 11 is 0. The number of carbonyl (C=O) groups excluding carboxylic acids is 2. The monoisotopic (exact) mass is 410 g/mol. The minimum atomic E-state index is -0.206. The summed E-state index contributed by atoms with van der Waals surface area (Å²) in [6.45, 7) is 5.24. The zero-order valence-electron chi connectivity index (χ0n) is 18.0. The molecule has 0 radical (unpaired) electrons. The molecule has 30 heavy (non-hydrogen) atoms. The average molecular weight is 411 g/mol. The van der Waals surface area contributed by atoms with Crippen molar-refractivity contribution in [3.63, 3.8) is 0 Å². The highest BCUT2D eigenvalue weighted by Crippen LogP contribution is 2.20. The molecule has 1 atom stereocenters. The highest BCUT2D eigenvalue weighted by Gasteiger charge is 2.22. The number of aromatic nitrogens is 2. The molecule has 2 heterocycles. The number of rotatable bonds is 6. The molecule has 0 saturated carbocycles. The van der Waals surface area contributed by atoms with Gasteiger partial charge in [0, 0.05) is 31.7 Å². The van der Waals surface area contributed by atoms with Crippen molar-refractivity contribution in [2.45, 2.75) is 52.0 Å². The molecule has 0 bridgehead atoms. The third-order valence-corrected chi connectivity index (χ3v) is 5.52. The van der Waals surface area contributed by atoms with Crippen molar-refractivity contribution in [3.05, 3.63) is 53.1 Å². The molecule has 1 aliphatic rings. The largest absolute Gasteiger partial charge is 0.496 e. The Morgan fingerprint density at radius 2 is 2.00 bits per heavy atom. The summed E-state index contributed by atoms with van der Waals surface area (Å²) in [7, 11) is 1.66. The lowest BCUT2D eigenvalue weighted by Crippen LogP contribution is -2.37. The SMILES string of the molecule is COc1ccc(CCC(=O)N2CCCC(NC(=O)c3cnc(C)cn3)CC2)cc1C. The second-order valence-electron chi connectivity index (χ2n) is 7.83. The molecule has 2 amide bonds. The Kier molecular flexibility index (Phi) is 7.38. The predicted octanol–water partition coefficient (Wildman–Crippen LogP) is 2.85. The van der Waals surface area contributed by atoms with Crippen molar-refractivity contribution in [1.82, 2.24) is 20.2 Å². The van der Waals surface area contributed by atoms with E-state index in [0.717, 1.165) is 48.4 Å². The highest BCUT2D eigenvalue weighted by molar-refractivity contribution is 5.92. The minimum absolute atomic E-state index is 0.0441. The molecule has 3 rings (SSSR count). The van der Waals surface area contributed by atoms with Gasteiger partial charge in [0.1, 0.15) is 11.4 Å². The van der Waals surface area contributed by atoms with Crippen LogP contribution >= 0.6 is 0 Å². The maximum absolute atomic E-state index is 12.7. The van der Waals surface area contributed by atoms with Gasteiger partial charge in [-0.1, -0.05) is 12.1 Å². The van der Waals surface area contributed by atoms with E-state index in [2.05, 4.69) is 21.4 Å². The van der Waals surface area contributed by atoms with Gasteiger partial charge in [-0.2, -0.15) is 0 Å². The number of amides is 2. The van der Waals surface area contributed by atoms with Crippen molar-refractivity contribution in [3.8, 4) is 5.75 Å². The molecule has 1 fully saturated rings. The fourth-order valence-electron chi connectivity index (χ4n) is 3.76. The predicted molar refractivity (Wildman–Crippen MR) is 115 cm³/mol. The smallest absolute Gasteiger partial charge is 0.271 e. The van der Waals surface area contributed by atoms with E-state index in [1.165, 1.54) is 6.20 Å². The summed E-state index contributed by atoms with van der Waals surface area (Å²) in [6.07, 6.45) is 6.77. The lowest BCUT2D eigenvalue weighted by atomic mass is 10.1. The normalized spacial score (nSPS) is 16.6. The van der Waals surface area contributed by atoms with Gasteiger partial charge in [-0.15, -0.1) is 0 Å². The number of nitrogens with one attached hydrogen (secondary N) is 1. The Labute approximate surface area is 177 Å². The molecular weight excluding hydrogens is 380 g/mol. The van der Waals surface area contributed by atoms with Crippen LogP contribution in [0.25, 0.3) is 0 Å². The van der Waals surface area contributed by atoms with E-state index in [1.54, 1.807) is 13.3 Å². The van der Waals surface area contributed by atoms with Gasteiger partial charge >= 0.3 is 0 Å². The standard InChI is InChI=1S/C23H30N4O3/c1-16-13-18(6-8-21(16)30-3)7-9-22(28)27-11-4-5-19(10-12-27)26-23(29)20-15-24-17(2)14-25-20/h6,8,13-15,19H,4-5,7,9-12H2,1-3H3,(H,26,29). The number of hydrogen-bond donors (Lipinski definition) is 1. The Hall–Kier alpha value is -2.96. The Bertz CT molecular complexity index is 883. The van der Waals surface area contributed by atoms with Gasteiger partial charge in [0.25, 0.3) is 5.91 Å². The third-order valence-electron chi connectivity index (χ3n) is 5.52. The first-order chi connectivity index (χ1) is 14.5. The molecule has 1 aromatic heterocycles. The van der Waals surface area contributed by atoms with Crippen LogP contribution in [0.2, 0.25) is 0 Å². The van der Waals surface area contributed by atoms with Gasteiger partial charge in [-0.3, -0.25) is 14.6 Å². The zero-order valence-corrected chi connectivity index (χ0v) is 18.0. The van der Waals surface area contributed by atoms with Crippen LogP contribution in [0.15, 0.2) is 30.6 Å². The highest BCUT2D eigenvalue weighted by atomic mass is 16.5. The lowest BCUT2D eigenvalue weighted by molar-refractivity contribution is -0.131. The maximum Gasteiger partial charge on any atom is 0.271 e. The Balaban J connectivity index is 1.48. The molecule has 1 aromatic carbocycles. The number of methoxy groups -OCH3 is 1. The lowest BCUT2D eigenvalue weighted by Gasteiger charge is -2.21. The Morgan fingerprint density at radius 1 is 1.17 bits per heavy atom. The number of likely N-dealkylation sites (tertiary alicyclic amines) is 1. The van der Waals surface area contributed by atoms with Gasteiger partial charge in [-0.05, 0) is 56.7 Å². The number of ether oxygens (including phenoxy) is 1. The molecule has 0 spiro atoms. The van der Waals surface area contributed by atoms with E-state index in [9.17, 15) is 9.59 Å². The summed E-state index contributed by atoms with van der Waals surface area (Å²) in [5.41, 5.74) is 3.32. The van der Waals surface area contributed by atoms with E-state index in [-0.39, 0.29) is 17.9 Å². The molecule has 1 aliphatic heterocycles. The first kappa shape index (κ1) is 21.7. The maximum atomic E-state index is 12.7. The Morgan fingerprint density at radius 3 is 2.70 bits per heavy atom. The van der Waals surface area contributed by atoms with Crippen LogP contribution in [0.3, 0.4) is 0 Å². The van der Waals surface area contributed by atoms with E-state index >= 15 is 0 Å². The van der Waals surface area contributed by atoms with Crippen molar-refractivity contribution in [1.29, 1.82) is 0 Å². The van der Waals surface area contributed by atoms with Gasteiger partial charge in [-0.25, -0.2) is 4.98 Å². The van der Waals surface area contributed by atoms with Crippen LogP contribution in [0.1, 0.15) is 53.0 Å². The van der Waals surface area contributed by atoms with Crippen LogP contribution in [0, 0.1) is 13.8 Å². The molecule has 7 heteroatoms. The van der Waals surface area contributed by atoms with Gasteiger partial charge < -0.3 is 15.0 Å². The molecule has 1 unspecified atom stereocenters. The number of aryl methyl sites for hydroxylation is 3. The van der Waals surface area contributed by atoms with Crippen LogP contribution < -0.4 is 10.1 Å². The molecule has 0 aliphatic carbocycles. The van der Waals surface area contributed by atoms with E-state index in [4.69, 9.17) is 4.74 Å². The van der Waals surface area contributed by atoms with Crippen LogP contribution in [0.4, 0.5) is 0 Å². The van der Waals surface area contributed by atoms with Crippen molar-refractivity contribution < 1.29 is 14.3 Å². The zero-order chi connectivity index (χ0) is 21.5. The first-order valence-electron chi connectivity index (χ1n) is 10.5. The molecule has 160 valence electrons. The second kappa shape index (κ2) is 10.2. The summed E-state index contributed by atoms with van der Waals surface area (Å²) in [6, 6.07) is 6.09. The fraction of sp³-hybridized carbons (Fsp3) is 0.478. The van der Waals surface area contributed by atoms with Crippen LogP contribution in [0.5, 0.6) is 5.75 Å². The molecule has 1 saturated heterocycles. The molecule has 1 N–H and O–H groups in total. The van der Waals surface area contributed by atoms with Crippen molar-refractivity contribution in [2.24, 2.45) is 0 Å². The number of nitrogens with zero attached hydrogens (tertiary/aromatic N) is 3. The minimum Gasteiger partial charge on any atom is -0.496 e. The van der Waals surface area contributed by atoms with Gasteiger partial charge in [0.05, 0.1) is 19.0 Å². The van der Waals surface area contributed by atoms with Gasteiger partial charge in [0.2, 0.25) is 5.91 Å². The number of hydrogen-bond acceptors (Lipinski definition) is 5. The summed E-state index contributed by atoms with van der Waals surface area (Å²) in [4.78, 5) is 35.3. The topological polar surface area (TPSA) is 84.4 Å². The van der Waals surface area contributed by atoms with E-state index in [0.29, 0.717) is 25.1 Å². The van der Waals surface area contributed by atoms with E-state index in [1.807, 2.05) is 30.9 Å². The average Bonchev–Trinajstić information content (AvgIpc) is 2.98. The van der Waals surface area contributed by atoms with Crippen molar-refractivity contribution >= 4 is 11.8 Å². The number of carbonyl (C=O) groups is 2. The molecule has 7 nitrogen and oxygen atoms in total. The van der Waals surface area contributed by atoms with Crippen molar-refractivity contribution in [2.75, 3.05) is 20.2 Å². The summed E-state index contributed by atoms with van der Waals surface area (Å²) in [5.74, 6) is 0.823. The number of benzene rings is 1. The third kappa shape index (κ3) is 5.78.